The van der Waals surface area contributed by atoms with Gasteiger partial charge in [-0.05, 0) is 44.0 Å². The Morgan fingerprint density at radius 3 is 2.39 bits per heavy atom. The molecule has 0 bridgehead atoms. The van der Waals surface area contributed by atoms with E-state index in [1.165, 1.54) is 12.1 Å². The van der Waals surface area contributed by atoms with Crippen LogP contribution in [0.15, 0.2) is 24.3 Å². The lowest BCUT2D eigenvalue weighted by Crippen LogP contribution is -2.49. The topological polar surface area (TPSA) is 67.2 Å². The van der Waals surface area contributed by atoms with Crippen molar-refractivity contribution < 1.29 is 9.18 Å². The molecule has 8 heteroatoms. The monoisotopic (exact) mass is 452 g/mol. The molecule has 33 heavy (non-hydrogen) atoms. The normalized spacial score (nSPS) is 14.3. The predicted molar refractivity (Wildman–Crippen MR) is 128 cm³/mol. The molecule has 0 radical (unpaired) electrons. The molecule has 176 valence electrons. The van der Waals surface area contributed by atoms with E-state index in [9.17, 15) is 9.18 Å². The molecule has 1 aliphatic rings. The van der Waals surface area contributed by atoms with E-state index in [1.54, 1.807) is 16.8 Å². The molecule has 2 aromatic heterocycles. The second-order valence-electron chi connectivity index (χ2n) is 8.71. The summed E-state index contributed by atoms with van der Waals surface area (Å²) in [6.45, 7) is 9.09. The molecule has 7 nitrogen and oxygen atoms in total. The van der Waals surface area contributed by atoms with Gasteiger partial charge in [-0.2, -0.15) is 5.10 Å². The van der Waals surface area contributed by atoms with Crippen LogP contribution in [0, 0.1) is 12.7 Å². The number of rotatable bonds is 8. The fourth-order valence-electron chi connectivity index (χ4n) is 4.38. The van der Waals surface area contributed by atoms with E-state index in [1.807, 2.05) is 11.8 Å². The fourth-order valence-corrected chi connectivity index (χ4v) is 4.38. The molecule has 0 N–H and O–H groups in total. The van der Waals surface area contributed by atoms with E-state index in [4.69, 9.17) is 15.1 Å². The lowest BCUT2D eigenvalue weighted by atomic mass is 10.1. The maximum absolute atomic E-state index is 13.5. The van der Waals surface area contributed by atoms with E-state index in [2.05, 4.69) is 18.7 Å². The minimum Gasteiger partial charge on any atom is -0.352 e. The number of amides is 1. The van der Waals surface area contributed by atoms with Crippen molar-refractivity contribution in [2.45, 2.75) is 59.3 Å². The first kappa shape index (κ1) is 23.1. The number of anilines is 1. The van der Waals surface area contributed by atoms with Crippen LogP contribution in [0.1, 0.15) is 57.5 Å². The van der Waals surface area contributed by atoms with Crippen LogP contribution in [-0.2, 0) is 11.2 Å². The molecule has 0 atom stereocenters. The first-order chi connectivity index (χ1) is 16.0. The molecule has 1 aromatic carbocycles. The van der Waals surface area contributed by atoms with Crippen LogP contribution in [0.5, 0.6) is 0 Å². The number of fused-ring (bicyclic) bond motifs is 1. The highest BCUT2D eigenvalue weighted by atomic mass is 19.1. The molecular weight excluding hydrogens is 419 g/mol. The van der Waals surface area contributed by atoms with E-state index < -0.39 is 0 Å². The van der Waals surface area contributed by atoms with Gasteiger partial charge >= 0.3 is 0 Å². The number of carbonyl (C=O) groups excluding carboxylic acids is 1. The van der Waals surface area contributed by atoms with Crippen molar-refractivity contribution in [2.24, 2.45) is 0 Å². The third-order valence-corrected chi connectivity index (χ3v) is 6.20. The number of carbonyl (C=O) groups is 1. The zero-order chi connectivity index (χ0) is 23.4. The Morgan fingerprint density at radius 2 is 1.73 bits per heavy atom. The second kappa shape index (κ2) is 10.3. The molecule has 0 aliphatic carbocycles. The first-order valence-corrected chi connectivity index (χ1v) is 12.1. The number of aryl methyl sites for hydroxylation is 2. The molecule has 3 aromatic rings. The van der Waals surface area contributed by atoms with E-state index in [0.717, 1.165) is 79.3 Å². The summed E-state index contributed by atoms with van der Waals surface area (Å²) in [6.07, 6.45) is 5.53. The number of hydrogen-bond donors (Lipinski definition) is 0. The Hall–Kier alpha value is -3.03. The van der Waals surface area contributed by atoms with E-state index in [0.29, 0.717) is 19.5 Å². The van der Waals surface area contributed by atoms with Crippen molar-refractivity contribution in [1.29, 1.82) is 0 Å². The summed E-state index contributed by atoms with van der Waals surface area (Å²) >= 11 is 0. The Labute approximate surface area is 194 Å². The summed E-state index contributed by atoms with van der Waals surface area (Å²) < 4.78 is 15.3. The molecule has 0 saturated carbocycles. The Bertz CT molecular complexity index is 1100. The lowest BCUT2D eigenvalue weighted by Gasteiger charge is -2.36. The zero-order valence-electron chi connectivity index (χ0n) is 19.8. The second-order valence-corrected chi connectivity index (χ2v) is 8.71. The molecule has 4 rings (SSSR count). The standard InChI is InChI=1S/C25H33FN6O/c1-4-6-7-9-22(33)30-14-16-31(17-15-30)24-23-18(3)29-32(20-12-10-19(26)11-13-20)25(23)28-21(27-24)8-5-2/h10-13H,4-9,14-17H2,1-3H3. The number of aromatic nitrogens is 4. The summed E-state index contributed by atoms with van der Waals surface area (Å²) in [7, 11) is 0. The lowest BCUT2D eigenvalue weighted by molar-refractivity contribution is -0.131. The Kier molecular flexibility index (Phi) is 7.20. The average Bonchev–Trinajstić information content (AvgIpc) is 3.16. The third kappa shape index (κ3) is 4.99. The van der Waals surface area contributed by atoms with Gasteiger partial charge in [0.25, 0.3) is 0 Å². The number of nitrogens with zero attached hydrogens (tertiary/aromatic N) is 6. The van der Waals surface area contributed by atoms with Crippen molar-refractivity contribution in [2.75, 3.05) is 31.1 Å². The summed E-state index contributed by atoms with van der Waals surface area (Å²) in [4.78, 5) is 26.5. The van der Waals surface area contributed by atoms with Gasteiger partial charge in [0.2, 0.25) is 5.91 Å². The number of unbranched alkanes of at least 4 members (excludes halogenated alkanes) is 2. The van der Waals surface area contributed by atoms with Gasteiger partial charge < -0.3 is 9.80 Å². The van der Waals surface area contributed by atoms with Crippen molar-refractivity contribution in [3.05, 3.63) is 41.6 Å². The van der Waals surface area contributed by atoms with Crippen LogP contribution in [0.3, 0.4) is 0 Å². The SMILES string of the molecule is CCCCCC(=O)N1CCN(c2nc(CCC)nc3c2c(C)nn3-c2ccc(F)cc2)CC1. The highest BCUT2D eigenvalue weighted by molar-refractivity contribution is 5.91. The fraction of sp³-hybridized carbons (Fsp3) is 0.520. The quantitative estimate of drug-likeness (QED) is 0.473. The van der Waals surface area contributed by atoms with Crippen molar-refractivity contribution >= 4 is 22.8 Å². The average molecular weight is 453 g/mol. The van der Waals surface area contributed by atoms with Crippen LogP contribution in [0.25, 0.3) is 16.7 Å². The van der Waals surface area contributed by atoms with Gasteiger partial charge in [-0.1, -0.05) is 26.7 Å². The molecule has 0 spiro atoms. The van der Waals surface area contributed by atoms with Crippen molar-refractivity contribution in [3.8, 4) is 5.69 Å². The highest BCUT2D eigenvalue weighted by Gasteiger charge is 2.26. The smallest absolute Gasteiger partial charge is 0.222 e. The zero-order valence-corrected chi connectivity index (χ0v) is 19.8. The number of piperazine rings is 1. The Balaban J connectivity index is 1.64. The minimum atomic E-state index is -0.281. The van der Waals surface area contributed by atoms with Crippen LogP contribution >= 0.6 is 0 Å². The highest BCUT2D eigenvalue weighted by Crippen LogP contribution is 2.30. The summed E-state index contributed by atoms with van der Waals surface area (Å²) in [5.74, 6) is 1.63. The van der Waals surface area contributed by atoms with E-state index in [-0.39, 0.29) is 11.7 Å². The minimum absolute atomic E-state index is 0.253. The molecule has 0 unspecified atom stereocenters. The molecule has 1 amide bonds. The molecule has 1 fully saturated rings. The van der Waals surface area contributed by atoms with Gasteiger partial charge in [0, 0.05) is 39.0 Å². The maximum atomic E-state index is 13.5. The van der Waals surface area contributed by atoms with Crippen LogP contribution in [0.2, 0.25) is 0 Å². The first-order valence-electron chi connectivity index (χ1n) is 12.1. The largest absolute Gasteiger partial charge is 0.352 e. The van der Waals surface area contributed by atoms with Gasteiger partial charge in [-0.25, -0.2) is 19.0 Å². The number of benzene rings is 1. The number of halogens is 1. The summed E-state index contributed by atoms with van der Waals surface area (Å²) in [6, 6.07) is 6.30. The molecular formula is C25H33FN6O. The summed E-state index contributed by atoms with van der Waals surface area (Å²) in [5, 5.41) is 5.65. The predicted octanol–water partition coefficient (Wildman–Crippen LogP) is 4.44. The van der Waals surface area contributed by atoms with Gasteiger partial charge in [0.1, 0.15) is 17.5 Å². The van der Waals surface area contributed by atoms with Crippen LogP contribution < -0.4 is 4.90 Å². The van der Waals surface area contributed by atoms with Crippen molar-refractivity contribution in [3.63, 3.8) is 0 Å². The van der Waals surface area contributed by atoms with Gasteiger partial charge in [0.15, 0.2) is 5.65 Å². The number of hydrogen-bond acceptors (Lipinski definition) is 5. The third-order valence-electron chi connectivity index (χ3n) is 6.20. The van der Waals surface area contributed by atoms with E-state index >= 15 is 0 Å². The molecule has 1 aliphatic heterocycles. The summed E-state index contributed by atoms with van der Waals surface area (Å²) in [5.41, 5.74) is 2.35. The molecule has 1 saturated heterocycles. The maximum Gasteiger partial charge on any atom is 0.222 e. The van der Waals surface area contributed by atoms with Gasteiger partial charge in [-0.15, -0.1) is 0 Å². The van der Waals surface area contributed by atoms with Crippen LogP contribution in [0.4, 0.5) is 10.2 Å². The van der Waals surface area contributed by atoms with Crippen LogP contribution in [-0.4, -0.2) is 56.7 Å². The van der Waals surface area contributed by atoms with Crippen molar-refractivity contribution in [1.82, 2.24) is 24.6 Å². The van der Waals surface area contributed by atoms with Gasteiger partial charge in [-0.3, -0.25) is 4.79 Å². The molecule has 3 heterocycles. The Morgan fingerprint density at radius 1 is 1.00 bits per heavy atom. The van der Waals surface area contributed by atoms with Gasteiger partial charge in [0.05, 0.1) is 16.8 Å².